The number of halogens is 1. The summed E-state index contributed by atoms with van der Waals surface area (Å²) >= 11 is 0. The lowest BCUT2D eigenvalue weighted by Gasteiger charge is -2.33. The molecule has 0 amide bonds. The molecule has 6 rings (SSSR count). The van der Waals surface area contributed by atoms with E-state index in [2.05, 4.69) is 10.2 Å². The molecule has 0 radical (unpaired) electrons. The van der Waals surface area contributed by atoms with Gasteiger partial charge in [-0.15, -0.1) is 0 Å². The topological polar surface area (TPSA) is 88.2 Å². The minimum absolute atomic E-state index is 0.00762. The number of rotatable bonds is 5. The van der Waals surface area contributed by atoms with Crippen molar-refractivity contribution in [2.75, 3.05) is 7.11 Å². The van der Waals surface area contributed by atoms with Gasteiger partial charge in [0, 0.05) is 0 Å². The SMILES string of the molecule is COc1cn(-c2ccc(C34CC3CC(C)(C)OC4=O)cc2F)nc(-c2ccnn2-c2ccccc2)c1=O. The summed E-state index contributed by atoms with van der Waals surface area (Å²) in [5, 5.41) is 8.82. The third kappa shape index (κ3) is 3.64. The van der Waals surface area contributed by atoms with Gasteiger partial charge in [-0.05, 0) is 68.5 Å². The van der Waals surface area contributed by atoms with Gasteiger partial charge in [0.05, 0.1) is 36.3 Å². The largest absolute Gasteiger partial charge is 0.491 e. The van der Waals surface area contributed by atoms with Crippen LogP contribution in [-0.2, 0) is 14.9 Å². The first-order chi connectivity index (χ1) is 17.7. The quantitative estimate of drug-likeness (QED) is 0.382. The molecule has 1 aliphatic carbocycles. The highest BCUT2D eigenvalue weighted by molar-refractivity contribution is 5.89. The van der Waals surface area contributed by atoms with Crippen LogP contribution in [0.15, 0.2) is 71.8 Å². The van der Waals surface area contributed by atoms with Crippen LogP contribution in [0.3, 0.4) is 0 Å². The minimum Gasteiger partial charge on any atom is -0.491 e. The number of ether oxygens (including phenoxy) is 2. The highest BCUT2D eigenvalue weighted by Crippen LogP contribution is 2.61. The predicted octanol–water partition coefficient (Wildman–Crippen LogP) is 4.22. The maximum absolute atomic E-state index is 15.6. The van der Waals surface area contributed by atoms with Crippen LogP contribution >= 0.6 is 0 Å². The van der Waals surface area contributed by atoms with Crippen LogP contribution in [0.1, 0.15) is 32.3 Å². The van der Waals surface area contributed by atoms with E-state index in [4.69, 9.17) is 9.47 Å². The third-order valence-corrected chi connectivity index (χ3v) is 7.28. The van der Waals surface area contributed by atoms with Gasteiger partial charge in [-0.2, -0.15) is 10.2 Å². The van der Waals surface area contributed by atoms with Crippen molar-refractivity contribution in [1.82, 2.24) is 19.6 Å². The average Bonchev–Trinajstić information content (AvgIpc) is 3.40. The van der Waals surface area contributed by atoms with E-state index in [-0.39, 0.29) is 29.0 Å². The Morgan fingerprint density at radius 2 is 1.86 bits per heavy atom. The number of hydrogen-bond donors (Lipinski definition) is 0. The summed E-state index contributed by atoms with van der Waals surface area (Å²) < 4.78 is 29.4. The zero-order chi connectivity index (χ0) is 25.9. The molecule has 188 valence electrons. The molecular formula is C28H25FN4O4. The van der Waals surface area contributed by atoms with Crippen LogP contribution in [-0.4, -0.2) is 38.2 Å². The van der Waals surface area contributed by atoms with E-state index in [9.17, 15) is 9.59 Å². The van der Waals surface area contributed by atoms with Crippen LogP contribution in [0.25, 0.3) is 22.8 Å². The number of methoxy groups -OCH3 is 1. The number of benzene rings is 2. The number of hydrogen-bond acceptors (Lipinski definition) is 6. The summed E-state index contributed by atoms with van der Waals surface area (Å²) in [5.41, 5.74) is 0.198. The van der Waals surface area contributed by atoms with Gasteiger partial charge in [0.15, 0.2) is 11.4 Å². The molecule has 37 heavy (non-hydrogen) atoms. The zero-order valence-corrected chi connectivity index (χ0v) is 20.6. The minimum atomic E-state index is -0.795. The van der Waals surface area contributed by atoms with Crippen molar-refractivity contribution in [3.05, 3.63) is 88.6 Å². The van der Waals surface area contributed by atoms with Crippen LogP contribution in [0, 0.1) is 11.7 Å². The predicted molar refractivity (Wildman–Crippen MR) is 133 cm³/mol. The van der Waals surface area contributed by atoms with Crippen molar-refractivity contribution in [3.63, 3.8) is 0 Å². The maximum Gasteiger partial charge on any atom is 0.317 e. The van der Waals surface area contributed by atoms with Crippen LogP contribution < -0.4 is 10.2 Å². The fourth-order valence-corrected chi connectivity index (χ4v) is 5.41. The summed E-state index contributed by atoms with van der Waals surface area (Å²) in [5.74, 6) is -0.742. The molecule has 0 bridgehead atoms. The molecule has 2 aromatic heterocycles. The van der Waals surface area contributed by atoms with Gasteiger partial charge in [-0.25, -0.2) is 13.8 Å². The number of aromatic nitrogens is 4. The monoisotopic (exact) mass is 500 g/mol. The lowest BCUT2D eigenvalue weighted by molar-refractivity contribution is -0.166. The molecule has 3 heterocycles. The number of fused-ring (bicyclic) bond motifs is 1. The molecule has 0 N–H and O–H groups in total. The Morgan fingerprint density at radius 1 is 1.08 bits per heavy atom. The van der Waals surface area contributed by atoms with Crippen molar-refractivity contribution >= 4 is 5.97 Å². The second-order valence-corrected chi connectivity index (χ2v) is 10.2. The molecule has 0 spiro atoms. The van der Waals surface area contributed by atoms with E-state index < -0.39 is 22.3 Å². The Labute approximate surface area is 212 Å². The third-order valence-electron chi connectivity index (χ3n) is 7.28. The first-order valence-electron chi connectivity index (χ1n) is 12.1. The Hall–Kier alpha value is -4.27. The van der Waals surface area contributed by atoms with E-state index in [1.165, 1.54) is 24.1 Å². The molecule has 4 aromatic rings. The number of carbonyl (C=O) groups excluding carboxylic acids is 1. The van der Waals surface area contributed by atoms with Gasteiger partial charge in [0.25, 0.3) is 5.43 Å². The van der Waals surface area contributed by atoms with Crippen LogP contribution in [0.4, 0.5) is 4.39 Å². The van der Waals surface area contributed by atoms with Gasteiger partial charge < -0.3 is 9.47 Å². The normalized spacial score (nSPS) is 21.7. The number of esters is 1. The number of nitrogens with zero attached hydrogens (tertiary/aromatic N) is 4. The van der Waals surface area contributed by atoms with Gasteiger partial charge in [-0.3, -0.25) is 9.59 Å². The Bertz CT molecular complexity index is 1590. The highest BCUT2D eigenvalue weighted by atomic mass is 19.1. The van der Waals surface area contributed by atoms with Gasteiger partial charge in [-0.1, -0.05) is 24.3 Å². The molecule has 2 fully saturated rings. The molecule has 8 nitrogen and oxygen atoms in total. The molecule has 2 atom stereocenters. The summed E-state index contributed by atoms with van der Waals surface area (Å²) in [7, 11) is 1.38. The van der Waals surface area contributed by atoms with Crippen molar-refractivity contribution in [2.24, 2.45) is 5.92 Å². The molecular weight excluding hydrogens is 475 g/mol. The fraction of sp³-hybridized carbons (Fsp3) is 0.286. The standard InChI is InChI=1S/C28H25FN4O4/c1-27(2)14-18-15-28(18,26(35)37-27)17-9-10-21(20(29)13-17)32-16-23(36-3)25(34)24(31-32)22-11-12-30-33(22)19-7-5-4-6-8-19/h4-13,16,18H,14-15H2,1-3H3. The molecule has 2 unspecified atom stereocenters. The molecule has 9 heteroatoms. The Morgan fingerprint density at radius 3 is 2.57 bits per heavy atom. The molecule has 2 aliphatic rings. The van der Waals surface area contributed by atoms with E-state index >= 15 is 4.39 Å². The van der Waals surface area contributed by atoms with E-state index in [1.807, 2.05) is 44.2 Å². The summed E-state index contributed by atoms with van der Waals surface area (Å²) in [4.78, 5) is 26.0. The van der Waals surface area contributed by atoms with Crippen molar-refractivity contribution < 1.29 is 18.7 Å². The second kappa shape index (κ2) is 8.12. The molecule has 2 aromatic carbocycles. The van der Waals surface area contributed by atoms with E-state index in [1.54, 1.807) is 29.1 Å². The Kier molecular flexibility index (Phi) is 5.08. The molecule has 1 saturated heterocycles. The smallest absolute Gasteiger partial charge is 0.317 e. The van der Waals surface area contributed by atoms with Gasteiger partial charge >= 0.3 is 5.97 Å². The van der Waals surface area contributed by atoms with Gasteiger partial charge in [0.2, 0.25) is 0 Å². The first kappa shape index (κ1) is 23.1. The summed E-state index contributed by atoms with van der Waals surface area (Å²) in [6, 6.07) is 15.7. The number of cyclic esters (lactones) is 1. The van der Waals surface area contributed by atoms with Crippen molar-refractivity contribution in [3.8, 4) is 28.5 Å². The van der Waals surface area contributed by atoms with E-state index in [0.717, 1.165) is 12.1 Å². The highest BCUT2D eigenvalue weighted by Gasteiger charge is 2.67. The molecule has 1 saturated carbocycles. The van der Waals surface area contributed by atoms with Crippen LogP contribution in [0.5, 0.6) is 5.75 Å². The fourth-order valence-electron chi connectivity index (χ4n) is 5.41. The van der Waals surface area contributed by atoms with Gasteiger partial charge in [0.1, 0.15) is 17.1 Å². The lowest BCUT2D eigenvalue weighted by atomic mass is 9.86. The number of para-hydroxylation sites is 1. The maximum atomic E-state index is 15.6. The van der Waals surface area contributed by atoms with Crippen molar-refractivity contribution in [2.45, 2.75) is 37.7 Å². The summed E-state index contributed by atoms with van der Waals surface area (Å²) in [6.07, 6.45) is 4.30. The second-order valence-electron chi connectivity index (χ2n) is 10.2. The Balaban J connectivity index is 1.42. The zero-order valence-electron chi connectivity index (χ0n) is 20.6. The summed E-state index contributed by atoms with van der Waals surface area (Å²) in [6.45, 7) is 3.79. The van der Waals surface area contributed by atoms with E-state index in [0.29, 0.717) is 17.7 Å². The molecule has 1 aliphatic heterocycles. The lowest BCUT2D eigenvalue weighted by Crippen LogP contribution is -2.41. The first-order valence-corrected chi connectivity index (χ1v) is 12.1. The number of carbonyl (C=O) groups is 1. The van der Waals surface area contributed by atoms with Crippen molar-refractivity contribution in [1.29, 1.82) is 0 Å². The average molecular weight is 501 g/mol. The van der Waals surface area contributed by atoms with Crippen LogP contribution in [0.2, 0.25) is 0 Å².